The van der Waals surface area contributed by atoms with Gasteiger partial charge in [-0.1, -0.05) is 27.7 Å². The van der Waals surface area contributed by atoms with Gasteiger partial charge in [-0.15, -0.1) is 0 Å². The normalized spacial score (nSPS) is 16.6. The van der Waals surface area contributed by atoms with E-state index in [1.807, 2.05) is 0 Å². The molecule has 2 atom stereocenters. The van der Waals surface area contributed by atoms with Gasteiger partial charge in [0.1, 0.15) is 0 Å². The highest BCUT2D eigenvalue weighted by Gasteiger charge is 2.22. The molecule has 0 aliphatic rings. The molecule has 1 aromatic heterocycles. The molecule has 2 heteroatoms. The molecule has 1 rings (SSSR count). The van der Waals surface area contributed by atoms with Crippen LogP contribution in [-0.2, 0) is 0 Å². The van der Waals surface area contributed by atoms with Gasteiger partial charge in [-0.3, -0.25) is 0 Å². The Bertz CT molecular complexity index is 258. The maximum atomic E-state index is 6.14. The van der Waals surface area contributed by atoms with Crippen LogP contribution in [0.5, 0.6) is 0 Å². The molecule has 0 saturated heterocycles. The first kappa shape index (κ1) is 11.7. The van der Waals surface area contributed by atoms with E-state index in [9.17, 15) is 0 Å². The molecule has 0 saturated carbocycles. The van der Waals surface area contributed by atoms with E-state index in [-0.39, 0.29) is 6.04 Å². The smallest absolute Gasteiger partial charge is 0.0305 e. The van der Waals surface area contributed by atoms with Gasteiger partial charge in [0.05, 0.1) is 0 Å². The van der Waals surface area contributed by atoms with Gasteiger partial charge in [0.25, 0.3) is 0 Å². The van der Waals surface area contributed by atoms with Crippen molar-refractivity contribution < 1.29 is 0 Å². The Morgan fingerprint density at radius 2 is 2.07 bits per heavy atom. The van der Waals surface area contributed by atoms with Crippen molar-refractivity contribution in [2.24, 2.45) is 17.1 Å². The third-order valence-corrected chi connectivity index (χ3v) is 3.76. The Hall–Kier alpha value is -0.340. The number of hydrogen-bond donors (Lipinski definition) is 1. The summed E-state index contributed by atoms with van der Waals surface area (Å²) in [5.41, 5.74) is 7.78. The predicted octanol–water partition coefficient (Wildman–Crippen LogP) is 3.82. The third kappa shape index (κ3) is 3.10. The number of nitrogens with two attached hydrogens (primary N) is 1. The zero-order valence-electron chi connectivity index (χ0n) is 9.58. The van der Waals surface area contributed by atoms with Crippen LogP contribution < -0.4 is 5.73 Å². The molecule has 2 N–H and O–H groups in total. The summed E-state index contributed by atoms with van der Waals surface area (Å²) in [6.07, 6.45) is 1.07. The maximum Gasteiger partial charge on any atom is 0.0305 e. The molecule has 0 aliphatic carbocycles. The molecule has 1 heterocycles. The van der Waals surface area contributed by atoms with Crippen LogP contribution in [0.2, 0.25) is 0 Å². The van der Waals surface area contributed by atoms with Gasteiger partial charge in [0.15, 0.2) is 0 Å². The second-order valence-electron chi connectivity index (χ2n) is 5.17. The van der Waals surface area contributed by atoms with Crippen molar-refractivity contribution in [1.82, 2.24) is 0 Å². The molecular formula is C12H21NS. The van der Waals surface area contributed by atoms with Crippen LogP contribution in [0.3, 0.4) is 0 Å². The average molecular weight is 211 g/mol. The van der Waals surface area contributed by atoms with Crippen molar-refractivity contribution in [1.29, 1.82) is 0 Å². The van der Waals surface area contributed by atoms with Gasteiger partial charge in [-0.2, -0.15) is 11.3 Å². The van der Waals surface area contributed by atoms with Gasteiger partial charge in [-0.25, -0.2) is 0 Å². The third-order valence-electron chi connectivity index (χ3n) is 3.06. The van der Waals surface area contributed by atoms with Gasteiger partial charge < -0.3 is 5.73 Å². The molecule has 0 bridgehead atoms. The molecular weight excluding hydrogens is 190 g/mol. The van der Waals surface area contributed by atoms with Crippen molar-refractivity contribution in [2.45, 2.75) is 40.2 Å². The lowest BCUT2D eigenvalue weighted by atomic mass is 9.78. The SMILES string of the molecule is CC(CC(N)c1ccsc1)C(C)(C)C. The molecule has 0 fully saturated rings. The average Bonchev–Trinajstić information content (AvgIpc) is 2.53. The standard InChI is InChI=1S/C12H21NS/c1-9(12(2,3)4)7-11(13)10-5-6-14-8-10/h5-6,8-9,11H,7,13H2,1-4H3. The lowest BCUT2D eigenvalue weighted by Crippen LogP contribution is -2.22. The van der Waals surface area contributed by atoms with Crippen molar-refractivity contribution in [3.8, 4) is 0 Å². The van der Waals surface area contributed by atoms with Crippen LogP contribution in [0.25, 0.3) is 0 Å². The summed E-state index contributed by atoms with van der Waals surface area (Å²) in [5.74, 6) is 0.650. The molecule has 14 heavy (non-hydrogen) atoms. The van der Waals surface area contributed by atoms with Crippen molar-refractivity contribution in [3.05, 3.63) is 22.4 Å². The van der Waals surface area contributed by atoms with Crippen LogP contribution in [0.1, 0.15) is 45.7 Å². The summed E-state index contributed by atoms with van der Waals surface area (Å²) < 4.78 is 0. The van der Waals surface area contributed by atoms with E-state index in [2.05, 4.69) is 44.5 Å². The molecule has 1 nitrogen and oxygen atoms in total. The largest absolute Gasteiger partial charge is 0.324 e. The molecule has 0 aliphatic heterocycles. The summed E-state index contributed by atoms with van der Waals surface area (Å²) >= 11 is 1.72. The van der Waals surface area contributed by atoms with E-state index < -0.39 is 0 Å². The Morgan fingerprint density at radius 3 is 2.50 bits per heavy atom. The highest BCUT2D eigenvalue weighted by atomic mass is 32.1. The first-order chi connectivity index (χ1) is 6.41. The minimum absolute atomic E-state index is 0.204. The lowest BCUT2D eigenvalue weighted by Gasteiger charge is -2.29. The van der Waals surface area contributed by atoms with Gasteiger partial charge in [-0.05, 0) is 40.1 Å². The Kier molecular flexibility index (Phi) is 3.73. The molecule has 0 amide bonds. The predicted molar refractivity (Wildman–Crippen MR) is 64.5 cm³/mol. The summed E-state index contributed by atoms with van der Waals surface area (Å²) in [7, 11) is 0. The summed E-state index contributed by atoms with van der Waals surface area (Å²) in [6.45, 7) is 9.11. The first-order valence-electron chi connectivity index (χ1n) is 5.19. The molecule has 80 valence electrons. The highest BCUT2D eigenvalue weighted by Crippen LogP contribution is 2.32. The van der Waals surface area contributed by atoms with Crippen molar-refractivity contribution in [3.63, 3.8) is 0 Å². The van der Waals surface area contributed by atoms with E-state index in [4.69, 9.17) is 5.73 Å². The highest BCUT2D eigenvalue weighted by molar-refractivity contribution is 7.07. The lowest BCUT2D eigenvalue weighted by molar-refractivity contribution is 0.234. The van der Waals surface area contributed by atoms with Gasteiger partial charge >= 0.3 is 0 Å². The van der Waals surface area contributed by atoms with Crippen LogP contribution in [0, 0.1) is 11.3 Å². The molecule has 2 unspecified atom stereocenters. The Balaban J connectivity index is 2.53. The monoisotopic (exact) mass is 211 g/mol. The second-order valence-corrected chi connectivity index (χ2v) is 5.95. The number of rotatable bonds is 3. The Labute approximate surface area is 91.3 Å². The van der Waals surface area contributed by atoms with E-state index in [1.165, 1.54) is 5.56 Å². The van der Waals surface area contributed by atoms with Gasteiger partial charge in [0.2, 0.25) is 0 Å². The fourth-order valence-electron chi connectivity index (χ4n) is 1.36. The maximum absolute atomic E-state index is 6.14. The fourth-order valence-corrected chi connectivity index (χ4v) is 2.08. The van der Waals surface area contributed by atoms with Crippen LogP contribution in [0.15, 0.2) is 16.8 Å². The van der Waals surface area contributed by atoms with E-state index in [0.29, 0.717) is 11.3 Å². The molecule has 0 aromatic carbocycles. The zero-order chi connectivity index (χ0) is 10.8. The summed E-state index contributed by atoms with van der Waals surface area (Å²) in [6, 6.07) is 2.33. The Morgan fingerprint density at radius 1 is 1.43 bits per heavy atom. The van der Waals surface area contributed by atoms with Gasteiger partial charge in [0, 0.05) is 6.04 Å². The summed E-state index contributed by atoms with van der Waals surface area (Å²) in [5, 5.41) is 4.25. The minimum Gasteiger partial charge on any atom is -0.324 e. The topological polar surface area (TPSA) is 26.0 Å². The number of hydrogen-bond acceptors (Lipinski definition) is 2. The quantitative estimate of drug-likeness (QED) is 0.808. The van der Waals surface area contributed by atoms with E-state index >= 15 is 0 Å². The summed E-state index contributed by atoms with van der Waals surface area (Å²) in [4.78, 5) is 0. The molecule has 1 aromatic rings. The zero-order valence-corrected chi connectivity index (χ0v) is 10.4. The van der Waals surface area contributed by atoms with Crippen molar-refractivity contribution in [2.75, 3.05) is 0 Å². The van der Waals surface area contributed by atoms with E-state index in [1.54, 1.807) is 11.3 Å². The molecule has 0 spiro atoms. The van der Waals surface area contributed by atoms with Crippen molar-refractivity contribution >= 4 is 11.3 Å². The van der Waals surface area contributed by atoms with Crippen LogP contribution in [-0.4, -0.2) is 0 Å². The first-order valence-corrected chi connectivity index (χ1v) is 6.13. The fraction of sp³-hybridized carbons (Fsp3) is 0.667. The number of thiophene rings is 1. The van der Waals surface area contributed by atoms with Crippen LogP contribution in [0.4, 0.5) is 0 Å². The minimum atomic E-state index is 0.204. The van der Waals surface area contributed by atoms with Crippen LogP contribution >= 0.6 is 11.3 Å². The molecule has 0 radical (unpaired) electrons. The van der Waals surface area contributed by atoms with E-state index in [0.717, 1.165) is 6.42 Å². The second kappa shape index (κ2) is 4.45.